The highest BCUT2D eigenvalue weighted by Gasteiger charge is 2.15. The van der Waals surface area contributed by atoms with Gasteiger partial charge in [0, 0.05) is 18.5 Å². The summed E-state index contributed by atoms with van der Waals surface area (Å²) in [6.45, 7) is 0. The minimum absolute atomic E-state index is 0.00829. The molecule has 0 aliphatic heterocycles. The number of rotatable bonds is 7. The van der Waals surface area contributed by atoms with E-state index in [0.717, 1.165) is 11.8 Å². The molecule has 28 heavy (non-hydrogen) atoms. The SMILES string of the molecule is COC(=O)CSc1ncccc1N.COC(=O)CSc1ncccc1[N+](=O)[O-]. The van der Waals surface area contributed by atoms with Gasteiger partial charge >= 0.3 is 17.6 Å². The normalized spacial score (nSPS) is 9.64. The molecule has 0 atom stereocenters. The zero-order valence-electron chi connectivity index (χ0n) is 15.1. The summed E-state index contributed by atoms with van der Waals surface area (Å²) in [7, 11) is 2.61. The third-order valence-corrected chi connectivity index (χ3v) is 4.82. The summed E-state index contributed by atoms with van der Waals surface area (Å²) in [4.78, 5) is 39.5. The number of nitrogen functional groups attached to an aromatic ring is 1. The highest BCUT2D eigenvalue weighted by Crippen LogP contribution is 2.26. The number of nitrogens with two attached hydrogens (primary N) is 1. The third kappa shape index (κ3) is 8.22. The Hall–Kier alpha value is -2.86. The molecule has 12 heteroatoms. The van der Waals surface area contributed by atoms with Crippen LogP contribution in [0.5, 0.6) is 0 Å². The molecule has 0 aliphatic rings. The number of carbonyl (C=O) groups is 2. The van der Waals surface area contributed by atoms with Gasteiger partial charge in [0.25, 0.3) is 0 Å². The molecule has 0 amide bonds. The first-order valence-corrected chi connectivity index (χ1v) is 9.55. The number of carbonyl (C=O) groups excluding carboxylic acids is 2. The van der Waals surface area contributed by atoms with Crippen molar-refractivity contribution >= 4 is 46.8 Å². The van der Waals surface area contributed by atoms with Crippen molar-refractivity contribution in [2.24, 2.45) is 0 Å². The molecule has 0 saturated heterocycles. The molecular formula is C16H18N4O6S2. The molecule has 0 aromatic carbocycles. The Bertz CT molecular complexity index is 821. The zero-order chi connectivity index (χ0) is 20.9. The number of nitrogens with zero attached hydrogens (tertiary/aromatic N) is 3. The molecule has 0 unspecified atom stereocenters. The van der Waals surface area contributed by atoms with Gasteiger partial charge < -0.3 is 15.2 Å². The lowest BCUT2D eigenvalue weighted by molar-refractivity contribution is -0.388. The molecule has 10 nitrogen and oxygen atoms in total. The standard InChI is InChI=1S/C8H8N2O4S.C8H10N2O2S/c1-14-7(11)5-15-8-6(10(12)13)3-2-4-9-8;1-12-7(11)5-13-8-6(9)3-2-4-10-8/h2-4H,5H2,1H3;2-4H,5,9H2,1H3. The van der Waals surface area contributed by atoms with Crippen molar-refractivity contribution in [1.29, 1.82) is 0 Å². The monoisotopic (exact) mass is 426 g/mol. The minimum Gasteiger partial charge on any atom is -0.468 e. The van der Waals surface area contributed by atoms with Crippen LogP contribution in [0.2, 0.25) is 0 Å². The van der Waals surface area contributed by atoms with E-state index in [4.69, 9.17) is 5.73 Å². The summed E-state index contributed by atoms with van der Waals surface area (Å²) >= 11 is 2.25. The fraction of sp³-hybridized carbons (Fsp3) is 0.250. The van der Waals surface area contributed by atoms with E-state index in [-0.39, 0.29) is 28.2 Å². The number of esters is 2. The second-order valence-corrected chi connectivity index (χ2v) is 6.64. The predicted molar refractivity (Wildman–Crippen MR) is 105 cm³/mol. The van der Waals surface area contributed by atoms with Gasteiger partial charge in [-0.1, -0.05) is 23.5 Å². The van der Waals surface area contributed by atoms with Crippen LogP contribution in [0, 0.1) is 10.1 Å². The van der Waals surface area contributed by atoms with E-state index in [1.807, 2.05) is 0 Å². The molecule has 0 saturated carbocycles. The van der Waals surface area contributed by atoms with E-state index in [9.17, 15) is 19.7 Å². The van der Waals surface area contributed by atoms with Gasteiger partial charge in [-0.25, -0.2) is 9.97 Å². The second kappa shape index (κ2) is 12.5. The van der Waals surface area contributed by atoms with Crippen molar-refractivity contribution in [2.75, 3.05) is 31.5 Å². The number of hydrogen-bond acceptors (Lipinski definition) is 11. The zero-order valence-corrected chi connectivity index (χ0v) is 16.7. The lowest BCUT2D eigenvalue weighted by Crippen LogP contribution is -2.04. The lowest BCUT2D eigenvalue weighted by Gasteiger charge is -2.01. The molecule has 0 radical (unpaired) electrons. The molecular weight excluding hydrogens is 408 g/mol. The number of methoxy groups -OCH3 is 2. The maximum Gasteiger partial charge on any atom is 0.316 e. The van der Waals surface area contributed by atoms with E-state index in [1.165, 1.54) is 44.3 Å². The predicted octanol–water partition coefficient (Wildman–Crippen LogP) is 2.18. The molecule has 2 heterocycles. The minimum atomic E-state index is -0.535. The second-order valence-electron chi connectivity index (χ2n) is 4.71. The number of anilines is 1. The van der Waals surface area contributed by atoms with Gasteiger partial charge in [-0.2, -0.15) is 0 Å². The molecule has 2 aromatic rings. The first-order valence-electron chi connectivity index (χ1n) is 7.58. The highest BCUT2D eigenvalue weighted by molar-refractivity contribution is 8.00. The Morgan fingerprint density at radius 2 is 1.54 bits per heavy atom. The molecule has 150 valence electrons. The summed E-state index contributed by atoms with van der Waals surface area (Å²) < 4.78 is 8.90. The Morgan fingerprint density at radius 3 is 2.04 bits per heavy atom. The number of ether oxygens (including phenoxy) is 2. The summed E-state index contributed by atoms with van der Waals surface area (Å²) in [5, 5.41) is 11.4. The van der Waals surface area contributed by atoms with Crippen LogP contribution >= 0.6 is 23.5 Å². The van der Waals surface area contributed by atoms with E-state index < -0.39 is 10.9 Å². The number of thioether (sulfide) groups is 2. The third-order valence-electron chi connectivity index (χ3n) is 2.86. The van der Waals surface area contributed by atoms with Crippen molar-refractivity contribution in [2.45, 2.75) is 10.1 Å². The van der Waals surface area contributed by atoms with Crippen LogP contribution < -0.4 is 5.73 Å². The van der Waals surface area contributed by atoms with Crippen LogP contribution in [-0.2, 0) is 19.1 Å². The van der Waals surface area contributed by atoms with Crippen LogP contribution in [0.1, 0.15) is 0 Å². The molecule has 2 N–H and O–H groups in total. The van der Waals surface area contributed by atoms with E-state index >= 15 is 0 Å². The maximum absolute atomic E-state index is 10.8. The van der Waals surface area contributed by atoms with Crippen LogP contribution in [0.25, 0.3) is 0 Å². The van der Waals surface area contributed by atoms with E-state index in [2.05, 4.69) is 19.4 Å². The van der Waals surface area contributed by atoms with Crippen LogP contribution in [0.3, 0.4) is 0 Å². The van der Waals surface area contributed by atoms with Gasteiger partial charge in [0.2, 0.25) is 0 Å². The average Bonchev–Trinajstić information content (AvgIpc) is 2.71. The van der Waals surface area contributed by atoms with Crippen LogP contribution in [-0.4, -0.2) is 52.6 Å². The Kier molecular flexibility index (Phi) is 10.4. The quantitative estimate of drug-likeness (QED) is 0.300. The van der Waals surface area contributed by atoms with Gasteiger partial charge in [-0.15, -0.1) is 0 Å². The average molecular weight is 426 g/mol. The van der Waals surface area contributed by atoms with E-state index in [1.54, 1.807) is 18.3 Å². The van der Waals surface area contributed by atoms with Gasteiger partial charge in [0.05, 0.1) is 36.3 Å². The summed E-state index contributed by atoms with van der Waals surface area (Å²) in [5.41, 5.74) is 6.09. The number of aromatic nitrogens is 2. The van der Waals surface area contributed by atoms with E-state index in [0.29, 0.717) is 10.7 Å². The molecule has 0 fully saturated rings. The van der Waals surface area contributed by atoms with Crippen molar-refractivity contribution in [1.82, 2.24) is 9.97 Å². The Balaban J connectivity index is 0.000000283. The summed E-state index contributed by atoms with van der Waals surface area (Å²) in [5.74, 6) is -0.485. The molecule has 0 bridgehead atoms. The fourth-order valence-electron chi connectivity index (χ4n) is 1.53. The molecule has 0 aliphatic carbocycles. The van der Waals surface area contributed by atoms with Gasteiger partial charge in [-0.3, -0.25) is 19.7 Å². The van der Waals surface area contributed by atoms with Gasteiger partial charge in [0.1, 0.15) is 5.03 Å². The maximum atomic E-state index is 10.8. The first-order chi connectivity index (χ1) is 13.4. The number of nitro groups is 1. The number of hydrogen-bond donors (Lipinski definition) is 1. The van der Waals surface area contributed by atoms with Crippen molar-refractivity contribution in [3.63, 3.8) is 0 Å². The van der Waals surface area contributed by atoms with Gasteiger partial charge in [-0.05, 0) is 18.2 Å². The highest BCUT2D eigenvalue weighted by atomic mass is 32.2. The topological polar surface area (TPSA) is 148 Å². The van der Waals surface area contributed by atoms with Gasteiger partial charge in [0.15, 0.2) is 5.03 Å². The first kappa shape index (κ1) is 23.2. The largest absolute Gasteiger partial charge is 0.468 e. The fourth-order valence-corrected chi connectivity index (χ4v) is 3.07. The summed E-state index contributed by atoms with van der Waals surface area (Å²) in [6.07, 6.45) is 3.07. The smallest absolute Gasteiger partial charge is 0.316 e. The molecule has 0 spiro atoms. The van der Waals surface area contributed by atoms with Crippen LogP contribution in [0.4, 0.5) is 11.4 Å². The molecule has 2 rings (SSSR count). The van der Waals surface area contributed by atoms with Crippen molar-refractivity contribution < 1.29 is 24.0 Å². The van der Waals surface area contributed by atoms with Crippen molar-refractivity contribution in [3.8, 4) is 0 Å². The Morgan fingerprint density at radius 1 is 1.04 bits per heavy atom. The lowest BCUT2D eigenvalue weighted by atomic mass is 10.4. The van der Waals surface area contributed by atoms with Crippen LogP contribution in [0.15, 0.2) is 46.7 Å². The number of pyridine rings is 2. The summed E-state index contributed by atoms with van der Waals surface area (Å²) in [6, 6.07) is 6.30. The molecule has 2 aromatic heterocycles. The van der Waals surface area contributed by atoms with Crippen molar-refractivity contribution in [3.05, 3.63) is 46.8 Å². The Labute approximate surface area is 169 Å².